The molecule has 0 aliphatic heterocycles. The molecule has 0 atom stereocenters. The summed E-state index contributed by atoms with van der Waals surface area (Å²) in [6.45, 7) is 3.69. The third kappa shape index (κ3) is 3.23. The lowest BCUT2D eigenvalue weighted by atomic mass is 10.2. The summed E-state index contributed by atoms with van der Waals surface area (Å²) in [5, 5.41) is 7.80. The molecule has 0 radical (unpaired) electrons. The number of hydrogen-bond donors (Lipinski definition) is 1. The average Bonchev–Trinajstić information content (AvgIpc) is 2.85. The van der Waals surface area contributed by atoms with Gasteiger partial charge in [0.25, 0.3) is 0 Å². The quantitative estimate of drug-likeness (QED) is 0.737. The lowest BCUT2D eigenvalue weighted by Gasteiger charge is -2.09. The van der Waals surface area contributed by atoms with Gasteiger partial charge in [0.1, 0.15) is 22.1 Å². The fourth-order valence-electron chi connectivity index (χ4n) is 2.10. The van der Waals surface area contributed by atoms with E-state index >= 15 is 0 Å². The molecule has 124 valence electrons. The number of aromatic nitrogens is 4. The SMILES string of the molecule is CC(C)C(=O)Nc1ccc(Oc2ncnc3c2c(Br)nn3C)cc1. The van der Waals surface area contributed by atoms with Crippen LogP contribution in [0.25, 0.3) is 11.0 Å². The van der Waals surface area contributed by atoms with Crippen molar-refractivity contribution in [2.24, 2.45) is 13.0 Å². The zero-order valence-electron chi connectivity index (χ0n) is 13.4. The Hall–Kier alpha value is -2.48. The van der Waals surface area contributed by atoms with E-state index in [1.54, 1.807) is 36.0 Å². The highest BCUT2D eigenvalue weighted by atomic mass is 79.9. The fraction of sp³-hybridized carbons (Fsp3) is 0.250. The fourth-order valence-corrected chi connectivity index (χ4v) is 2.68. The molecule has 8 heteroatoms. The van der Waals surface area contributed by atoms with Crippen LogP contribution in [0, 0.1) is 5.92 Å². The topological polar surface area (TPSA) is 81.9 Å². The van der Waals surface area contributed by atoms with Crippen LogP contribution in [0.4, 0.5) is 5.69 Å². The Balaban J connectivity index is 1.83. The highest BCUT2D eigenvalue weighted by molar-refractivity contribution is 9.10. The number of ether oxygens (including phenoxy) is 1. The van der Waals surface area contributed by atoms with Crippen LogP contribution < -0.4 is 10.1 Å². The lowest BCUT2D eigenvalue weighted by molar-refractivity contribution is -0.118. The van der Waals surface area contributed by atoms with Crippen LogP contribution in [0.1, 0.15) is 13.8 Å². The van der Waals surface area contributed by atoms with Gasteiger partial charge in [0.15, 0.2) is 5.65 Å². The Bertz CT molecular complexity index is 889. The molecule has 0 aliphatic carbocycles. The number of hydrogen-bond acceptors (Lipinski definition) is 5. The molecule has 1 N–H and O–H groups in total. The van der Waals surface area contributed by atoms with E-state index in [9.17, 15) is 4.79 Å². The van der Waals surface area contributed by atoms with E-state index in [2.05, 4.69) is 36.3 Å². The van der Waals surface area contributed by atoms with Gasteiger partial charge in [-0.2, -0.15) is 5.10 Å². The molecule has 0 fully saturated rings. The van der Waals surface area contributed by atoms with Crippen molar-refractivity contribution < 1.29 is 9.53 Å². The maximum absolute atomic E-state index is 11.7. The number of carbonyl (C=O) groups is 1. The van der Waals surface area contributed by atoms with Crippen LogP contribution in [0.15, 0.2) is 35.2 Å². The lowest BCUT2D eigenvalue weighted by Crippen LogP contribution is -2.17. The zero-order valence-corrected chi connectivity index (χ0v) is 15.0. The molecule has 0 saturated carbocycles. The number of anilines is 1. The second kappa shape index (κ2) is 6.56. The van der Waals surface area contributed by atoms with Gasteiger partial charge in [-0.15, -0.1) is 0 Å². The molecule has 1 aromatic carbocycles. The summed E-state index contributed by atoms with van der Waals surface area (Å²) in [7, 11) is 1.80. The van der Waals surface area contributed by atoms with Crippen molar-refractivity contribution in [3.8, 4) is 11.6 Å². The van der Waals surface area contributed by atoms with Crippen molar-refractivity contribution in [1.82, 2.24) is 19.7 Å². The van der Waals surface area contributed by atoms with Gasteiger partial charge in [0.2, 0.25) is 11.8 Å². The first kappa shape index (κ1) is 16.4. The molecule has 2 heterocycles. The summed E-state index contributed by atoms with van der Waals surface area (Å²) in [5.74, 6) is 0.922. The van der Waals surface area contributed by atoms with Crippen LogP contribution in [0.2, 0.25) is 0 Å². The summed E-state index contributed by atoms with van der Waals surface area (Å²) < 4.78 is 8.12. The van der Waals surface area contributed by atoms with Crippen molar-refractivity contribution >= 4 is 38.6 Å². The molecule has 0 bridgehead atoms. The van der Waals surface area contributed by atoms with Crippen LogP contribution >= 0.6 is 15.9 Å². The van der Waals surface area contributed by atoms with E-state index in [0.717, 1.165) is 5.69 Å². The van der Waals surface area contributed by atoms with Gasteiger partial charge in [-0.3, -0.25) is 4.79 Å². The van der Waals surface area contributed by atoms with Crippen molar-refractivity contribution in [2.45, 2.75) is 13.8 Å². The van der Waals surface area contributed by atoms with Crippen molar-refractivity contribution in [3.05, 3.63) is 35.2 Å². The number of rotatable bonds is 4. The third-order valence-electron chi connectivity index (χ3n) is 3.40. The number of fused-ring (bicyclic) bond motifs is 1. The number of halogens is 1. The molecule has 0 spiro atoms. The summed E-state index contributed by atoms with van der Waals surface area (Å²) in [6.07, 6.45) is 1.43. The Morgan fingerprint density at radius 3 is 2.62 bits per heavy atom. The number of nitrogens with one attached hydrogen (secondary N) is 1. The molecule has 0 unspecified atom stereocenters. The van der Waals surface area contributed by atoms with E-state index < -0.39 is 0 Å². The van der Waals surface area contributed by atoms with E-state index in [1.165, 1.54) is 6.33 Å². The molecular formula is C16H16BrN5O2. The summed E-state index contributed by atoms with van der Waals surface area (Å²) >= 11 is 3.39. The highest BCUT2D eigenvalue weighted by Gasteiger charge is 2.15. The number of nitrogens with zero attached hydrogens (tertiary/aromatic N) is 4. The Labute approximate surface area is 147 Å². The molecule has 0 saturated heterocycles. The average molecular weight is 390 g/mol. The number of benzene rings is 1. The number of aryl methyl sites for hydroxylation is 1. The summed E-state index contributed by atoms with van der Waals surface area (Å²) in [4.78, 5) is 20.1. The third-order valence-corrected chi connectivity index (χ3v) is 3.96. The standard InChI is InChI=1S/C16H16BrN5O2/c1-9(2)15(23)20-10-4-6-11(7-5-10)24-16-12-13(17)21-22(3)14(12)18-8-19-16/h4-9H,1-3H3,(H,20,23). The molecule has 3 aromatic rings. The predicted molar refractivity (Wildman–Crippen MR) is 94.0 cm³/mol. The van der Waals surface area contributed by atoms with Gasteiger partial charge in [-0.25, -0.2) is 14.6 Å². The number of amides is 1. The van der Waals surface area contributed by atoms with Crippen molar-refractivity contribution in [3.63, 3.8) is 0 Å². The first-order valence-electron chi connectivity index (χ1n) is 7.37. The first-order valence-corrected chi connectivity index (χ1v) is 8.17. The Morgan fingerprint density at radius 1 is 1.25 bits per heavy atom. The van der Waals surface area contributed by atoms with E-state index in [4.69, 9.17) is 4.74 Å². The van der Waals surface area contributed by atoms with Gasteiger partial charge >= 0.3 is 0 Å². The van der Waals surface area contributed by atoms with E-state index in [1.807, 2.05) is 13.8 Å². The molecule has 3 rings (SSSR count). The van der Waals surface area contributed by atoms with Gasteiger partial charge in [0, 0.05) is 18.7 Å². The van der Waals surface area contributed by atoms with Crippen LogP contribution in [-0.4, -0.2) is 25.7 Å². The molecule has 24 heavy (non-hydrogen) atoms. The minimum atomic E-state index is -0.0711. The Kier molecular flexibility index (Phi) is 4.48. The smallest absolute Gasteiger partial charge is 0.234 e. The predicted octanol–water partition coefficient (Wildman–Crippen LogP) is 3.51. The summed E-state index contributed by atoms with van der Waals surface area (Å²) in [6, 6.07) is 7.11. The minimum absolute atomic E-state index is 0.0273. The molecule has 7 nitrogen and oxygen atoms in total. The number of carbonyl (C=O) groups excluding carboxylic acids is 1. The minimum Gasteiger partial charge on any atom is -0.438 e. The second-order valence-electron chi connectivity index (χ2n) is 5.56. The van der Waals surface area contributed by atoms with E-state index in [0.29, 0.717) is 27.3 Å². The summed E-state index contributed by atoms with van der Waals surface area (Å²) in [5.41, 5.74) is 1.39. The van der Waals surface area contributed by atoms with Gasteiger partial charge in [-0.1, -0.05) is 13.8 Å². The van der Waals surface area contributed by atoms with Crippen LogP contribution in [0.5, 0.6) is 11.6 Å². The van der Waals surface area contributed by atoms with Crippen molar-refractivity contribution in [1.29, 1.82) is 0 Å². The van der Waals surface area contributed by atoms with Gasteiger partial charge < -0.3 is 10.1 Å². The molecule has 0 aliphatic rings. The van der Waals surface area contributed by atoms with Crippen LogP contribution in [0.3, 0.4) is 0 Å². The Morgan fingerprint density at radius 2 is 1.96 bits per heavy atom. The molecular weight excluding hydrogens is 374 g/mol. The zero-order chi connectivity index (χ0) is 17.3. The monoisotopic (exact) mass is 389 g/mol. The second-order valence-corrected chi connectivity index (χ2v) is 6.31. The van der Waals surface area contributed by atoms with Gasteiger partial charge in [0.05, 0.1) is 0 Å². The van der Waals surface area contributed by atoms with Gasteiger partial charge in [-0.05, 0) is 40.2 Å². The normalized spacial score (nSPS) is 11.0. The maximum Gasteiger partial charge on any atom is 0.234 e. The molecule has 1 amide bonds. The van der Waals surface area contributed by atoms with Crippen molar-refractivity contribution in [2.75, 3.05) is 5.32 Å². The molecule has 2 aromatic heterocycles. The first-order chi connectivity index (χ1) is 11.5. The highest BCUT2D eigenvalue weighted by Crippen LogP contribution is 2.31. The van der Waals surface area contributed by atoms with Crippen LogP contribution in [-0.2, 0) is 11.8 Å². The largest absolute Gasteiger partial charge is 0.438 e. The van der Waals surface area contributed by atoms with E-state index in [-0.39, 0.29) is 11.8 Å². The maximum atomic E-state index is 11.7.